The molecule has 0 aliphatic heterocycles. The maximum absolute atomic E-state index is 12.1. The quantitative estimate of drug-likeness (QED) is 0.873. The highest BCUT2D eigenvalue weighted by molar-refractivity contribution is 5.93. The van der Waals surface area contributed by atoms with Crippen LogP contribution in [0.3, 0.4) is 0 Å². The molecule has 5 heteroatoms. The number of carbonyl (C=O) groups excluding carboxylic acids is 1. The summed E-state index contributed by atoms with van der Waals surface area (Å²) >= 11 is 0. The Hall–Kier alpha value is -2.43. The van der Waals surface area contributed by atoms with Gasteiger partial charge in [-0.2, -0.15) is 0 Å². The Morgan fingerprint density at radius 2 is 1.81 bits per heavy atom. The summed E-state index contributed by atoms with van der Waals surface area (Å²) in [4.78, 5) is 37.7. The number of carbonyl (C=O) groups is 1. The van der Waals surface area contributed by atoms with Gasteiger partial charge in [-0.1, -0.05) is 38.1 Å². The smallest absolute Gasteiger partial charge is 0.313 e. The second-order valence-electron chi connectivity index (χ2n) is 5.35. The van der Waals surface area contributed by atoms with E-state index in [9.17, 15) is 14.4 Å². The van der Waals surface area contributed by atoms with Crippen LogP contribution in [0.15, 0.2) is 40.1 Å². The predicted molar refractivity (Wildman–Crippen MR) is 81.0 cm³/mol. The molecule has 1 N–H and O–H groups in total. The van der Waals surface area contributed by atoms with Crippen LogP contribution in [0.25, 0.3) is 0 Å². The lowest BCUT2D eigenvalue weighted by Crippen LogP contribution is -2.37. The monoisotopic (exact) mass is 286 g/mol. The molecule has 0 aliphatic carbocycles. The fourth-order valence-electron chi connectivity index (χ4n) is 2.10. The van der Waals surface area contributed by atoms with Gasteiger partial charge < -0.3 is 4.98 Å². The van der Waals surface area contributed by atoms with Crippen LogP contribution in [0.1, 0.15) is 48.2 Å². The number of hydrogen-bond donors (Lipinski definition) is 1. The number of nitrogens with zero attached hydrogens (tertiary/aromatic N) is 1. The molecule has 0 fully saturated rings. The molecule has 0 saturated heterocycles. The van der Waals surface area contributed by atoms with E-state index < -0.39 is 11.2 Å². The molecule has 1 aromatic heterocycles. The molecule has 2 aromatic rings. The van der Waals surface area contributed by atoms with Crippen LogP contribution in [-0.2, 0) is 6.54 Å². The number of rotatable bonds is 4. The van der Waals surface area contributed by atoms with Crippen molar-refractivity contribution in [2.75, 3.05) is 0 Å². The maximum atomic E-state index is 12.1. The molecular weight excluding hydrogens is 268 g/mol. The summed E-state index contributed by atoms with van der Waals surface area (Å²) in [5.74, 6) is 0.0615. The molecule has 1 aromatic carbocycles. The highest BCUT2D eigenvalue weighted by Gasteiger charge is 2.11. The molecule has 5 nitrogen and oxygen atoms in total. The molecule has 0 radical (unpaired) electrons. The third-order valence-corrected chi connectivity index (χ3v) is 3.43. The van der Waals surface area contributed by atoms with Gasteiger partial charge in [0, 0.05) is 6.20 Å². The van der Waals surface area contributed by atoms with E-state index in [0.29, 0.717) is 5.92 Å². The van der Waals surface area contributed by atoms with Gasteiger partial charge in [0.15, 0.2) is 5.78 Å². The minimum absolute atomic E-state index is 0.00611. The van der Waals surface area contributed by atoms with Crippen molar-refractivity contribution in [1.29, 1.82) is 0 Å². The van der Waals surface area contributed by atoms with Gasteiger partial charge in [0.2, 0.25) is 0 Å². The number of aromatic amines is 1. The topological polar surface area (TPSA) is 71.9 Å². The van der Waals surface area contributed by atoms with Crippen molar-refractivity contribution in [3.8, 4) is 0 Å². The van der Waals surface area contributed by atoms with E-state index in [4.69, 9.17) is 0 Å². The van der Waals surface area contributed by atoms with Crippen molar-refractivity contribution in [3.05, 3.63) is 68.0 Å². The third-order valence-electron chi connectivity index (χ3n) is 3.43. The fourth-order valence-corrected chi connectivity index (χ4v) is 2.10. The van der Waals surface area contributed by atoms with Crippen LogP contribution in [-0.4, -0.2) is 15.3 Å². The first-order chi connectivity index (χ1) is 9.90. The van der Waals surface area contributed by atoms with Gasteiger partial charge >= 0.3 is 5.69 Å². The Morgan fingerprint density at radius 1 is 1.19 bits per heavy atom. The second kappa shape index (κ2) is 5.91. The highest BCUT2D eigenvalue weighted by atomic mass is 16.2. The third kappa shape index (κ3) is 3.18. The van der Waals surface area contributed by atoms with Gasteiger partial charge in [0.25, 0.3) is 5.56 Å². The van der Waals surface area contributed by atoms with Gasteiger partial charge in [-0.3, -0.25) is 14.2 Å². The Bertz CT molecular complexity index is 767. The van der Waals surface area contributed by atoms with Crippen molar-refractivity contribution in [2.24, 2.45) is 0 Å². The molecule has 0 saturated carbocycles. The molecule has 0 aliphatic rings. The van der Waals surface area contributed by atoms with Gasteiger partial charge in [-0.15, -0.1) is 0 Å². The van der Waals surface area contributed by atoms with Crippen LogP contribution in [0.2, 0.25) is 0 Å². The Morgan fingerprint density at radius 3 is 2.33 bits per heavy atom. The largest absolute Gasteiger partial charge is 0.328 e. The minimum atomic E-state index is -0.556. The summed E-state index contributed by atoms with van der Waals surface area (Å²) in [6.45, 7) is 5.64. The van der Waals surface area contributed by atoms with E-state index in [1.807, 2.05) is 24.3 Å². The molecule has 0 unspecified atom stereocenters. The summed E-state index contributed by atoms with van der Waals surface area (Å²) in [5, 5.41) is 0. The first kappa shape index (κ1) is 15.0. The molecule has 1 heterocycles. The Kier molecular flexibility index (Phi) is 4.21. The summed E-state index contributed by atoms with van der Waals surface area (Å²) < 4.78 is 1.04. The van der Waals surface area contributed by atoms with Gasteiger partial charge in [0.1, 0.15) is 0 Å². The first-order valence-corrected chi connectivity index (χ1v) is 6.82. The van der Waals surface area contributed by atoms with Gasteiger partial charge in [-0.05, 0) is 24.0 Å². The normalized spacial score (nSPS) is 10.9. The van der Waals surface area contributed by atoms with Crippen molar-refractivity contribution < 1.29 is 4.79 Å². The number of H-pyrrole nitrogens is 1. The molecule has 2 rings (SSSR count). The first-order valence-electron chi connectivity index (χ1n) is 6.82. The summed E-state index contributed by atoms with van der Waals surface area (Å²) in [6, 6.07) is 7.74. The summed E-state index contributed by atoms with van der Waals surface area (Å²) in [7, 11) is 0. The lowest BCUT2D eigenvalue weighted by Gasteiger charge is -2.08. The number of Topliss-reactive ketones (excluding diaryl/α,β-unsaturated/α-hetero) is 1. The molecule has 0 bridgehead atoms. The number of benzene rings is 1. The summed E-state index contributed by atoms with van der Waals surface area (Å²) in [5.41, 5.74) is 0.954. The highest BCUT2D eigenvalue weighted by Crippen LogP contribution is 2.14. The predicted octanol–water partition coefficient (Wildman–Crippen LogP) is 1.91. The summed E-state index contributed by atoms with van der Waals surface area (Å²) in [6.07, 6.45) is 1.17. The van der Waals surface area contributed by atoms with Crippen LogP contribution < -0.4 is 11.2 Å². The van der Waals surface area contributed by atoms with Crippen LogP contribution in [0.4, 0.5) is 0 Å². The maximum Gasteiger partial charge on any atom is 0.328 e. The van der Waals surface area contributed by atoms with Crippen LogP contribution >= 0.6 is 0 Å². The zero-order valence-corrected chi connectivity index (χ0v) is 12.3. The molecule has 21 heavy (non-hydrogen) atoms. The Labute approximate surface area is 122 Å². The number of hydrogen-bond acceptors (Lipinski definition) is 3. The fraction of sp³-hybridized carbons (Fsp3) is 0.312. The van der Waals surface area contributed by atoms with E-state index in [2.05, 4.69) is 18.8 Å². The SMILES string of the molecule is CC(=O)c1c[nH]c(=O)n(Cc2ccc(C(C)C)cc2)c1=O. The average Bonchev–Trinajstić information content (AvgIpc) is 2.43. The van der Waals surface area contributed by atoms with E-state index >= 15 is 0 Å². The van der Waals surface area contributed by atoms with Crippen molar-refractivity contribution in [2.45, 2.75) is 33.2 Å². The van der Waals surface area contributed by atoms with Crippen LogP contribution in [0, 0.1) is 0 Å². The second-order valence-corrected chi connectivity index (χ2v) is 5.35. The molecule has 0 spiro atoms. The zero-order chi connectivity index (χ0) is 15.6. The van der Waals surface area contributed by atoms with Gasteiger partial charge in [0.05, 0.1) is 12.1 Å². The van der Waals surface area contributed by atoms with E-state index in [1.165, 1.54) is 18.7 Å². The minimum Gasteiger partial charge on any atom is -0.313 e. The molecule has 0 atom stereocenters. The van der Waals surface area contributed by atoms with Gasteiger partial charge in [-0.25, -0.2) is 4.79 Å². The van der Waals surface area contributed by atoms with E-state index in [0.717, 1.165) is 10.1 Å². The molecule has 0 amide bonds. The number of nitrogens with one attached hydrogen (secondary N) is 1. The van der Waals surface area contributed by atoms with E-state index in [1.54, 1.807) is 0 Å². The van der Waals surface area contributed by atoms with Crippen molar-refractivity contribution in [1.82, 2.24) is 9.55 Å². The standard InChI is InChI=1S/C16H18N2O3/c1-10(2)13-6-4-12(5-7-13)9-18-15(20)14(11(3)19)8-17-16(18)21/h4-8,10H,9H2,1-3H3,(H,17,21). The van der Waals surface area contributed by atoms with Crippen LogP contribution in [0.5, 0.6) is 0 Å². The molecular formula is C16H18N2O3. The van der Waals surface area contributed by atoms with Crippen molar-refractivity contribution in [3.63, 3.8) is 0 Å². The van der Waals surface area contributed by atoms with Crippen molar-refractivity contribution >= 4 is 5.78 Å². The Balaban J connectivity index is 2.40. The lowest BCUT2D eigenvalue weighted by molar-refractivity contribution is 0.101. The molecule has 110 valence electrons. The average molecular weight is 286 g/mol. The lowest BCUT2D eigenvalue weighted by atomic mass is 10.0. The number of ketones is 1. The van der Waals surface area contributed by atoms with E-state index in [-0.39, 0.29) is 17.9 Å². The number of aromatic nitrogens is 2. The zero-order valence-electron chi connectivity index (χ0n) is 12.3.